The first-order valence-electron chi connectivity index (χ1n) is 4.31. The van der Waals surface area contributed by atoms with E-state index in [9.17, 15) is 4.79 Å². The Kier molecular flexibility index (Phi) is 1.90. The van der Waals surface area contributed by atoms with Crippen molar-refractivity contribution < 1.29 is 4.79 Å². The first kappa shape index (κ1) is 7.47. The van der Waals surface area contributed by atoms with Crippen molar-refractivity contribution in [3.63, 3.8) is 0 Å². The van der Waals surface area contributed by atoms with Crippen LogP contribution in [-0.4, -0.2) is 10.8 Å². The SMILES string of the molecule is O=C1CCC[C@H]1c1ccccn1. The second-order valence-electron chi connectivity index (χ2n) is 3.17. The summed E-state index contributed by atoms with van der Waals surface area (Å²) >= 11 is 0. The Balaban J connectivity index is 2.25. The van der Waals surface area contributed by atoms with Crippen molar-refractivity contribution in [2.45, 2.75) is 25.2 Å². The summed E-state index contributed by atoms with van der Waals surface area (Å²) in [4.78, 5) is 15.5. The van der Waals surface area contributed by atoms with Gasteiger partial charge in [0.2, 0.25) is 0 Å². The van der Waals surface area contributed by atoms with Crippen LogP contribution in [0.5, 0.6) is 0 Å². The van der Waals surface area contributed by atoms with Gasteiger partial charge in [-0.05, 0) is 25.0 Å². The van der Waals surface area contributed by atoms with Gasteiger partial charge in [-0.2, -0.15) is 0 Å². The van der Waals surface area contributed by atoms with E-state index < -0.39 is 0 Å². The third kappa shape index (κ3) is 1.24. The maximum Gasteiger partial charge on any atom is 0.141 e. The van der Waals surface area contributed by atoms with Gasteiger partial charge in [0.25, 0.3) is 0 Å². The van der Waals surface area contributed by atoms with Crippen LogP contribution in [0.3, 0.4) is 0 Å². The molecule has 2 heteroatoms. The minimum absolute atomic E-state index is 0.0891. The minimum atomic E-state index is 0.0891. The molecule has 0 bridgehead atoms. The van der Waals surface area contributed by atoms with E-state index in [1.54, 1.807) is 6.20 Å². The standard InChI is InChI=1S/C10H11NO/c12-10-6-3-4-8(10)9-5-1-2-7-11-9/h1-2,5,7-8H,3-4,6H2/t8-/m0/s1. The number of nitrogens with zero attached hydrogens (tertiary/aromatic N) is 1. The average molecular weight is 161 g/mol. The molecule has 62 valence electrons. The molecule has 0 unspecified atom stereocenters. The third-order valence-corrected chi connectivity index (χ3v) is 2.35. The summed E-state index contributed by atoms with van der Waals surface area (Å²) in [6, 6.07) is 5.75. The molecular weight excluding hydrogens is 150 g/mol. The van der Waals surface area contributed by atoms with Crippen molar-refractivity contribution in [2.75, 3.05) is 0 Å². The lowest BCUT2D eigenvalue weighted by atomic mass is 10.0. The highest BCUT2D eigenvalue weighted by Crippen LogP contribution is 2.29. The molecule has 1 aliphatic carbocycles. The molecular formula is C10H11NO. The third-order valence-electron chi connectivity index (χ3n) is 2.35. The lowest BCUT2D eigenvalue weighted by Gasteiger charge is -2.04. The van der Waals surface area contributed by atoms with E-state index >= 15 is 0 Å². The van der Waals surface area contributed by atoms with E-state index in [0.717, 1.165) is 25.0 Å². The van der Waals surface area contributed by atoms with Gasteiger partial charge in [-0.3, -0.25) is 9.78 Å². The zero-order chi connectivity index (χ0) is 8.39. The molecule has 1 aromatic heterocycles. The summed E-state index contributed by atoms with van der Waals surface area (Å²) in [6.45, 7) is 0. The molecule has 0 aliphatic heterocycles. The molecule has 12 heavy (non-hydrogen) atoms. The van der Waals surface area contributed by atoms with Crippen molar-refractivity contribution in [1.29, 1.82) is 0 Å². The maximum absolute atomic E-state index is 11.3. The Labute approximate surface area is 71.6 Å². The molecule has 0 spiro atoms. The van der Waals surface area contributed by atoms with E-state index in [1.165, 1.54) is 0 Å². The largest absolute Gasteiger partial charge is 0.299 e. The monoisotopic (exact) mass is 161 g/mol. The normalized spacial score (nSPS) is 23.0. The first-order chi connectivity index (χ1) is 5.88. The van der Waals surface area contributed by atoms with Gasteiger partial charge in [-0.1, -0.05) is 6.07 Å². The molecule has 0 radical (unpaired) electrons. The van der Waals surface area contributed by atoms with Gasteiger partial charge < -0.3 is 0 Å². The van der Waals surface area contributed by atoms with Crippen molar-refractivity contribution in [1.82, 2.24) is 4.98 Å². The smallest absolute Gasteiger partial charge is 0.141 e. The quantitative estimate of drug-likeness (QED) is 0.629. The number of carbonyl (C=O) groups excluding carboxylic acids is 1. The Morgan fingerprint density at radius 2 is 2.33 bits per heavy atom. The molecule has 0 amide bonds. The van der Waals surface area contributed by atoms with Crippen LogP contribution in [0.4, 0.5) is 0 Å². The summed E-state index contributed by atoms with van der Waals surface area (Å²) in [5.74, 6) is 0.444. The van der Waals surface area contributed by atoms with Crippen LogP contribution >= 0.6 is 0 Å². The van der Waals surface area contributed by atoms with Gasteiger partial charge in [0.1, 0.15) is 5.78 Å². The van der Waals surface area contributed by atoms with Gasteiger partial charge in [0, 0.05) is 12.6 Å². The number of rotatable bonds is 1. The number of hydrogen-bond donors (Lipinski definition) is 0. The van der Waals surface area contributed by atoms with E-state index in [2.05, 4.69) is 4.98 Å². The number of ketones is 1. The number of Topliss-reactive ketones (excluding diaryl/α,β-unsaturated/α-hetero) is 1. The van der Waals surface area contributed by atoms with Crippen LogP contribution in [0.25, 0.3) is 0 Å². The van der Waals surface area contributed by atoms with Gasteiger partial charge in [-0.25, -0.2) is 0 Å². The van der Waals surface area contributed by atoms with Gasteiger partial charge >= 0.3 is 0 Å². The Bertz CT molecular complexity index is 281. The molecule has 1 aliphatic rings. The maximum atomic E-state index is 11.3. The highest BCUT2D eigenvalue weighted by Gasteiger charge is 2.26. The molecule has 2 rings (SSSR count). The van der Waals surface area contributed by atoms with Crippen LogP contribution < -0.4 is 0 Å². The van der Waals surface area contributed by atoms with E-state index in [-0.39, 0.29) is 5.92 Å². The first-order valence-corrected chi connectivity index (χ1v) is 4.31. The average Bonchev–Trinajstić information content (AvgIpc) is 2.53. The number of aromatic nitrogens is 1. The molecule has 2 nitrogen and oxygen atoms in total. The molecule has 0 N–H and O–H groups in total. The molecule has 0 saturated heterocycles. The van der Waals surface area contributed by atoms with E-state index in [4.69, 9.17) is 0 Å². The van der Waals surface area contributed by atoms with Crippen LogP contribution in [0.15, 0.2) is 24.4 Å². The molecule has 1 fully saturated rings. The predicted octanol–water partition coefficient (Wildman–Crippen LogP) is 1.92. The Morgan fingerprint density at radius 1 is 1.42 bits per heavy atom. The molecule has 1 saturated carbocycles. The topological polar surface area (TPSA) is 30.0 Å². The summed E-state index contributed by atoms with van der Waals surface area (Å²) < 4.78 is 0. The number of hydrogen-bond acceptors (Lipinski definition) is 2. The molecule has 0 aromatic carbocycles. The summed E-state index contributed by atoms with van der Waals surface area (Å²) in [5, 5.41) is 0. The second kappa shape index (κ2) is 3.05. The van der Waals surface area contributed by atoms with Gasteiger partial charge in [0.15, 0.2) is 0 Å². The second-order valence-corrected chi connectivity index (χ2v) is 3.17. The lowest BCUT2D eigenvalue weighted by molar-refractivity contribution is -0.118. The van der Waals surface area contributed by atoms with Crippen molar-refractivity contribution in [3.8, 4) is 0 Å². The fourth-order valence-corrected chi connectivity index (χ4v) is 1.71. The fourth-order valence-electron chi connectivity index (χ4n) is 1.71. The van der Waals surface area contributed by atoms with Crippen LogP contribution in [-0.2, 0) is 4.79 Å². The van der Waals surface area contributed by atoms with Crippen LogP contribution in [0.2, 0.25) is 0 Å². The van der Waals surface area contributed by atoms with Gasteiger partial charge in [-0.15, -0.1) is 0 Å². The predicted molar refractivity (Wildman–Crippen MR) is 45.8 cm³/mol. The zero-order valence-corrected chi connectivity index (χ0v) is 6.86. The zero-order valence-electron chi connectivity index (χ0n) is 6.86. The van der Waals surface area contributed by atoms with Crippen molar-refractivity contribution >= 4 is 5.78 Å². The summed E-state index contributed by atoms with van der Waals surface area (Å²) in [6.07, 6.45) is 4.50. The minimum Gasteiger partial charge on any atom is -0.299 e. The number of carbonyl (C=O) groups is 1. The van der Waals surface area contributed by atoms with Crippen LogP contribution in [0.1, 0.15) is 30.9 Å². The highest BCUT2D eigenvalue weighted by molar-refractivity contribution is 5.87. The van der Waals surface area contributed by atoms with Crippen molar-refractivity contribution in [2.24, 2.45) is 0 Å². The van der Waals surface area contributed by atoms with Crippen molar-refractivity contribution in [3.05, 3.63) is 30.1 Å². The van der Waals surface area contributed by atoms with E-state index in [0.29, 0.717) is 5.78 Å². The summed E-state index contributed by atoms with van der Waals surface area (Å²) in [5.41, 5.74) is 0.944. The summed E-state index contributed by atoms with van der Waals surface area (Å²) in [7, 11) is 0. The van der Waals surface area contributed by atoms with Gasteiger partial charge in [0.05, 0.1) is 11.6 Å². The Morgan fingerprint density at radius 3 is 2.92 bits per heavy atom. The molecule has 1 atom stereocenters. The lowest BCUT2D eigenvalue weighted by Crippen LogP contribution is -2.05. The molecule has 1 heterocycles. The molecule has 1 aromatic rings. The van der Waals surface area contributed by atoms with E-state index in [1.807, 2.05) is 18.2 Å². The number of pyridine rings is 1. The fraction of sp³-hybridized carbons (Fsp3) is 0.400. The van der Waals surface area contributed by atoms with Crippen LogP contribution in [0, 0.1) is 0 Å². The Hall–Kier alpha value is -1.18. The highest BCUT2D eigenvalue weighted by atomic mass is 16.1.